The molecule has 0 radical (unpaired) electrons. The fourth-order valence-corrected chi connectivity index (χ4v) is 9.61. The fourth-order valence-electron chi connectivity index (χ4n) is 9.61. The van der Waals surface area contributed by atoms with Crippen LogP contribution in [0.2, 0.25) is 0 Å². The summed E-state index contributed by atoms with van der Waals surface area (Å²) in [5, 5.41) is 48.4. The molecule has 0 aromatic heterocycles. The summed E-state index contributed by atoms with van der Waals surface area (Å²) in [5.74, 6) is 1.06. The van der Waals surface area contributed by atoms with Gasteiger partial charge in [0.25, 0.3) is 0 Å². The van der Waals surface area contributed by atoms with Crippen molar-refractivity contribution in [2.24, 2.45) is 10.8 Å². The minimum atomic E-state index is -0.249. The number of aryl methyl sites for hydroxylation is 2. The third-order valence-electron chi connectivity index (χ3n) is 12.1. The van der Waals surface area contributed by atoms with E-state index in [9.17, 15) is 20.4 Å². The highest BCUT2D eigenvalue weighted by atomic mass is 16.3. The third kappa shape index (κ3) is 3.04. The minimum Gasteiger partial charge on any atom is -0.507 e. The number of hydrogen-bond acceptors (Lipinski definition) is 4. The summed E-state index contributed by atoms with van der Waals surface area (Å²) in [6.07, 6.45) is 6.95. The molecule has 0 unspecified atom stereocenters. The SMILES string of the molecule is C[C@]12CCc3c(ccc4c(-c5c(O)ccc6c7c(ccc56)[C@H]5CC[C@@H](O)[C@@]5(C)CC7)c(O)ccc34)[C@H]1CC[C@H]2O. The molecule has 0 bridgehead atoms. The average molecular weight is 535 g/mol. The van der Waals surface area contributed by atoms with Gasteiger partial charge in [-0.3, -0.25) is 0 Å². The Labute approximate surface area is 235 Å². The van der Waals surface area contributed by atoms with Crippen LogP contribution in [-0.4, -0.2) is 32.6 Å². The molecular formula is C36H38O4. The molecule has 4 heteroatoms. The van der Waals surface area contributed by atoms with E-state index in [0.29, 0.717) is 23.0 Å². The second-order valence-electron chi connectivity index (χ2n) is 13.7. The lowest BCUT2D eigenvalue weighted by atomic mass is 9.65. The van der Waals surface area contributed by atoms with E-state index in [0.717, 1.165) is 72.9 Å². The van der Waals surface area contributed by atoms with Crippen molar-refractivity contribution >= 4 is 21.5 Å². The van der Waals surface area contributed by atoms with Gasteiger partial charge in [0, 0.05) is 22.0 Å². The first kappa shape index (κ1) is 24.7. The lowest BCUT2D eigenvalue weighted by Gasteiger charge is -2.40. The van der Waals surface area contributed by atoms with Gasteiger partial charge < -0.3 is 20.4 Å². The predicted molar refractivity (Wildman–Crippen MR) is 159 cm³/mol. The van der Waals surface area contributed by atoms with Crippen LogP contribution >= 0.6 is 0 Å². The van der Waals surface area contributed by atoms with E-state index in [4.69, 9.17) is 0 Å². The number of aliphatic hydroxyl groups is 2. The van der Waals surface area contributed by atoms with Gasteiger partial charge in [-0.1, -0.05) is 50.2 Å². The second-order valence-corrected chi connectivity index (χ2v) is 13.7. The van der Waals surface area contributed by atoms with Gasteiger partial charge in [-0.05, 0) is 119 Å². The Bertz CT molecular complexity index is 1590. The largest absolute Gasteiger partial charge is 0.507 e. The number of aliphatic hydroxyl groups excluding tert-OH is 2. The molecule has 0 aliphatic heterocycles. The third-order valence-corrected chi connectivity index (χ3v) is 12.1. The normalized spacial score (nSPS) is 32.6. The fraction of sp³-hybridized carbons (Fsp3) is 0.444. The lowest BCUT2D eigenvalue weighted by molar-refractivity contribution is 0.0458. The standard InChI is InChI=1S/C36H38O4/c1-35-17-15-21-19-7-11-29(37)33(25(19)5-3-23(21)27(35)9-13-31(35)39)34-26-6-4-24-22(20(26)8-12-30(34)38)16-18-36(2)28(24)10-14-32(36)40/h3-8,11-12,27-28,31-32,37-40H,9-10,13-18H2,1-2H3/t27-,28-,31-,32-,35+,36+/m1/s1. The molecule has 4 aliphatic rings. The molecule has 0 saturated heterocycles. The molecule has 2 saturated carbocycles. The maximum Gasteiger partial charge on any atom is 0.124 e. The second kappa shape index (κ2) is 8.24. The number of hydrogen-bond donors (Lipinski definition) is 4. The zero-order chi connectivity index (χ0) is 27.6. The van der Waals surface area contributed by atoms with Crippen LogP contribution in [0.15, 0.2) is 48.5 Å². The zero-order valence-electron chi connectivity index (χ0n) is 23.4. The Morgan fingerprint density at radius 3 is 1.38 bits per heavy atom. The summed E-state index contributed by atoms with van der Waals surface area (Å²) in [4.78, 5) is 0. The highest BCUT2D eigenvalue weighted by Gasteiger charge is 2.50. The smallest absolute Gasteiger partial charge is 0.124 e. The van der Waals surface area contributed by atoms with E-state index in [-0.39, 0.29) is 34.5 Å². The first-order valence-electron chi connectivity index (χ1n) is 15.1. The summed E-state index contributed by atoms with van der Waals surface area (Å²) >= 11 is 0. The van der Waals surface area contributed by atoms with Crippen molar-refractivity contribution in [3.8, 4) is 22.6 Å². The summed E-state index contributed by atoms with van der Waals surface area (Å²) in [6.45, 7) is 4.49. The van der Waals surface area contributed by atoms with Gasteiger partial charge in [0.05, 0.1) is 12.2 Å². The van der Waals surface area contributed by atoms with Crippen LogP contribution in [0.3, 0.4) is 0 Å². The molecule has 40 heavy (non-hydrogen) atoms. The van der Waals surface area contributed by atoms with E-state index < -0.39 is 0 Å². The number of fused-ring (bicyclic) bond motifs is 10. The molecule has 4 N–H and O–H groups in total. The number of rotatable bonds is 1. The van der Waals surface area contributed by atoms with Crippen LogP contribution < -0.4 is 0 Å². The van der Waals surface area contributed by atoms with Crippen LogP contribution in [0, 0.1) is 10.8 Å². The Balaban J connectivity index is 1.34. The Kier molecular flexibility index (Phi) is 5.09. The van der Waals surface area contributed by atoms with Crippen LogP contribution in [-0.2, 0) is 12.8 Å². The number of phenols is 2. The first-order chi connectivity index (χ1) is 19.2. The summed E-state index contributed by atoms with van der Waals surface area (Å²) in [7, 11) is 0. The van der Waals surface area contributed by atoms with E-state index in [1.807, 2.05) is 12.1 Å². The van der Waals surface area contributed by atoms with Crippen LogP contribution in [0.5, 0.6) is 11.5 Å². The molecule has 0 heterocycles. The molecule has 6 atom stereocenters. The van der Waals surface area contributed by atoms with Crippen molar-refractivity contribution in [1.29, 1.82) is 0 Å². The van der Waals surface area contributed by atoms with Gasteiger partial charge in [-0.2, -0.15) is 0 Å². The lowest BCUT2D eigenvalue weighted by Crippen LogP contribution is -2.35. The minimum absolute atomic E-state index is 0.0706. The molecular weight excluding hydrogens is 496 g/mol. The van der Waals surface area contributed by atoms with Gasteiger partial charge in [0.15, 0.2) is 0 Å². The maximum absolute atomic E-state index is 11.3. The van der Waals surface area contributed by atoms with Crippen molar-refractivity contribution in [3.63, 3.8) is 0 Å². The van der Waals surface area contributed by atoms with Crippen molar-refractivity contribution in [1.82, 2.24) is 0 Å². The maximum atomic E-state index is 11.3. The highest BCUT2D eigenvalue weighted by Crippen LogP contribution is 2.59. The van der Waals surface area contributed by atoms with E-state index in [1.165, 1.54) is 22.3 Å². The van der Waals surface area contributed by atoms with Crippen LogP contribution in [0.4, 0.5) is 0 Å². The van der Waals surface area contributed by atoms with E-state index in [1.54, 1.807) is 12.1 Å². The molecule has 4 aromatic carbocycles. The van der Waals surface area contributed by atoms with E-state index >= 15 is 0 Å². The molecule has 4 aliphatic carbocycles. The predicted octanol–water partition coefficient (Wildman–Crippen LogP) is 7.45. The van der Waals surface area contributed by atoms with E-state index in [2.05, 4.69) is 38.1 Å². The Morgan fingerprint density at radius 1 is 0.550 bits per heavy atom. The summed E-state index contributed by atoms with van der Waals surface area (Å²) in [5.41, 5.74) is 6.58. The average Bonchev–Trinajstić information content (AvgIpc) is 3.43. The molecule has 4 aromatic rings. The molecule has 2 fully saturated rings. The molecule has 4 nitrogen and oxygen atoms in total. The Morgan fingerprint density at radius 2 is 0.950 bits per heavy atom. The summed E-state index contributed by atoms with van der Waals surface area (Å²) in [6, 6.07) is 16.3. The Hall–Kier alpha value is -3.08. The van der Waals surface area contributed by atoms with Gasteiger partial charge in [0.2, 0.25) is 0 Å². The molecule has 206 valence electrons. The van der Waals surface area contributed by atoms with Crippen molar-refractivity contribution < 1.29 is 20.4 Å². The molecule has 0 amide bonds. The highest BCUT2D eigenvalue weighted by molar-refractivity contribution is 6.11. The molecule has 8 rings (SSSR count). The van der Waals surface area contributed by atoms with Crippen LogP contribution in [0.1, 0.15) is 86.5 Å². The summed E-state index contributed by atoms with van der Waals surface area (Å²) < 4.78 is 0. The molecule has 0 spiro atoms. The van der Waals surface area contributed by atoms with Crippen molar-refractivity contribution in [2.45, 2.75) is 89.3 Å². The van der Waals surface area contributed by atoms with Crippen LogP contribution in [0.25, 0.3) is 32.7 Å². The van der Waals surface area contributed by atoms with Gasteiger partial charge in [-0.25, -0.2) is 0 Å². The zero-order valence-corrected chi connectivity index (χ0v) is 23.4. The van der Waals surface area contributed by atoms with Crippen molar-refractivity contribution in [2.75, 3.05) is 0 Å². The number of aromatic hydroxyl groups is 2. The quantitative estimate of drug-likeness (QED) is 0.204. The van der Waals surface area contributed by atoms with Crippen molar-refractivity contribution in [3.05, 3.63) is 70.8 Å². The monoisotopic (exact) mass is 534 g/mol. The topological polar surface area (TPSA) is 80.9 Å². The first-order valence-corrected chi connectivity index (χ1v) is 15.1. The van der Waals surface area contributed by atoms with Gasteiger partial charge in [-0.15, -0.1) is 0 Å². The number of benzene rings is 4. The number of phenolic OH excluding ortho intramolecular Hbond substituents is 2. The van der Waals surface area contributed by atoms with Gasteiger partial charge in [0.1, 0.15) is 11.5 Å². The van der Waals surface area contributed by atoms with Gasteiger partial charge >= 0.3 is 0 Å².